The maximum absolute atomic E-state index is 13.9. The summed E-state index contributed by atoms with van der Waals surface area (Å²) in [6.07, 6.45) is 1.71. The zero-order chi connectivity index (χ0) is 24.4. The van der Waals surface area contributed by atoms with Gasteiger partial charge in [0.2, 0.25) is 5.43 Å². The lowest BCUT2D eigenvalue weighted by Crippen LogP contribution is -2.42. The minimum absolute atomic E-state index is 0.171. The van der Waals surface area contributed by atoms with Gasteiger partial charge in [-0.2, -0.15) is 0 Å². The predicted octanol–water partition coefficient (Wildman–Crippen LogP) is 2.10. The van der Waals surface area contributed by atoms with Gasteiger partial charge in [0, 0.05) is 45.5 Å². The Morgan fingerprint density at radius 2 is 1.97 bits per heavy atom. The van der Waals surface area contributed by atoms with E-state index in [-0.39, 0.29) is 16.9 Å². The van der Waals surface area contributed by atoms with Crippen molar-refractivity contribution in [3.63, 3.8) is 0 Å². The quantitative estimate of drug-likeness (QED) is 0.388. The molecule has 0 saturated carbocycles. The average molecular weight is 495 g/mol. The van der Waals surface area contributed by atoms with Crippen molar-refractivity contribution < 1.29 is 9.53 Å². The number of benzene rings is 1. The second-order valence-corrected chi connectivity index (χ2v) is 9.94. The molecule has 0 aliphatic carbocycles. The fraction of sp³-hybridized carbons (Fsp3) is 0.400. The van der Waals surface area contributed by atoms with Crippen LogP contribution in [-0.4, -0.2) is 91.7 Å². The second-order valence-electron chi connectivity index (χ2n) is 8.91. The Labute approximate surface area is 207 Å². The highest BCUT2D eigenvalue weighted by atomic mass is 32.1. The van der Waals surface area contributed by atoms with Gasteiger partial charge in [-0.1, -0.05) is 12.1 Å². The fourth-order valence-corrected chi connectivity index (χ4v) is 5.61. The number of hydrogen-bond acceptors (Lipinski definition) is 8. The Balaban J connectivity index is 1.59. The van der Waals surface area contributed by atoms with Gasteiger partial charge in [0.05, 0.1) is 34.5 Å². The van der Waals surface area contributed by atoms with E-state index in [0.29, 0.717) is 47.9 Å². The molecule has 4 heterocycles. The highest BCUT2D eigenvalue weighted by Gasteiger charge is 2.24. The lowest BCUT2D eigenvalue weighted by Gasteiger charge is -2.26. The van der Waals surface area contributed by atoms with Crippen molar-refractivity contribution in [3.8, 4) is 0 Å². The number of morpholine rings is 1. The third-order valence-electron chi connectivity index (χ3n) is 6.25. The predicted molar refractivity (Wildman–Crippen MR) is 141 cm³/mol. The van der Waals surface area contributed by atoms with E-state index in [1.165, 1.54) is 11.3 Å². The van der Waals surface area contributed by atoms with Crippen LogP contribution in [0.4, 0.5) is 5.69 Å². The molecule has 0 unspecified atom stereocenters. The number of nitrogens with zero attached hydrogens (tertiary/aromatic N) is 4. The summed E-state index contributed by atoms with van der Waals surface area (Å²) in [5.74, 6) is -0.350. The standard InChI is InChI=1S/C25H30N6O3S/c1-29(2)11-9-26-17-7-8-27-23-20(17)22(32)21(24(33)28-10-12-30-13-15-34-16-14-30)25-31(23)18-5-3-4-6-19(18)35-25/h3-8H,9-16H2,1-2H3,(H,26,27)(H,28,33). The van der Waals surface area contributed by atoms with Crippen LogP contribution in [0, 0.1) is 0 Å². The van der Waals surface area contributed by atoms with Gasteiger partial charge in [0.15, 0.2) is 5.65 Å². The van der Waals surface area contributed by atoms with E-state index in [0.717, 1.165) is 36.4 Å². The number of carbonyl (C=O) groups excluding carboxylic acids is 1. The molecule has 1 amide bonds. The van der Waals surface area contributed by atoms with E-state index < -0.39 is 0 Å². The molecule has 0 bridgehead atoms. The maximum Gasteiger partial charge on any atom is 0.258 e. The number of aromatic nitrogens is 2. The van der Waals surface area contributed by atoms with Gasteiger partial charge in [-0.25, -0.2) is 4.98 Å². The molecule has 1 aliphatic rings. The Kier molecular flexibility index (Phi) is 6.96. The summed E-state index contributed by atoms with van der Waals surface area (Å²) in [5, 5.41) is 6.80. The summed E-state index contributed by atoms with van der Waals surface area (Å²) < 4.78 is 8.34. The van der Waals surface area contributed by atoms with Crippen molar-refractivity contribution in [2.45, 2.75) is 0 Å². The molecule has 3 aromatic heterocycles. The number of hydrogen-bond donors (Lipinski definition) is 2. The van der Waals surface area contributed by atoms with E-state index >= 15 is 0 Å². The molecular formula is C25H30N6O3S. The van der Waals surface area contributed by atoms with E-state index in [2.05, 4.69) is 25.4 Å². The third kappa shape index (κ3) is 4.74. The zero-order valence-electron chi connectivity index (χ0n) is 20.0. The van der Waals surface area contributed by atoms with Crippen LogP contribution >= 0.6 is 11.3 Å². The molecule has 5 rings (SSSR count). The maximum atomic E-state index is 13.9. The summed E-state index contributed by atoms with van der Waals surface area (Å²) >= 11 is 1.44. The van der Waals surface area contributed by atoms with Crippen LogP contribution in [0.25, 0.3) is 26.1 Å². The largest absolute Gasteiger partial charge is 0.383 e. The number of rotatable bonds is 8. The molecule has 1 aliphatic heterocycles. The smallest absolute Gasteiger partial charge is 0.258 e. The highest BCUT2D eigenvalue weighted by Crippen LogP contribution is 2.32. The minimum atomic E-state index is -0.350. The minimum Gasteiger partial charge on any atom is -0.383 e. The van der Waals surface area contributed by atoms with E-state index in [9.17, 15) is 9.59 Å². The number of pyridine rings is 2. The summed E-state index contributed by atoms with van der Waals surface area (Å²) in [7, 11) is 4.00. The molecule has 0 atom stereocenters. The monoisotopic (exact) mass is 494 g/mol. The van der Waals surface area contributed by atoms with Gasteiger partial charge in [-0.3, -0.25) is 18.9 Å². The van der Waals surface area contributed by atoms with Crippen LogP contribution in [0.1, 0.15) is 10.4 Å². The number of fused-ring (bicyclic) bond motifs is 5. The van der Waals surface area contributed by atoms with Gasteiger partial charge in [0.1, 0.15) is 10.4 Å². The molecule has 35 heavy (non-hydrogen) atoms. The molecular weight excluding hydrogens is 464 g/mol. The molecule has 1 saturated heterocycles. The van der Waals surface area contributed by atoms with Crippen molar-refractivity contribution in [1.29, 1.82) is 0 Å². The van der Waals surface area contributed by atoms with E-state index in [1.807, 2.05) is 42.8 Å². The molecule has 10 heteroatoms. The summed E-state index contributed by atoms with van der Waals surface area (Å²) in [6, 6.07) is 9.72. The summed E-state index contributed by atoms with van der Waals surface area (Å²) in [4.78, 5) is 36.8. The molecule has 0 radical (unpaired) electrons. The van der Waals surface area contributed by atoms with Gasteiger partial charge in [-0.05, 0) is 32.3 Å². The second kappa shape index (κ2) is 10.3. The van der Waals surface area contributed by atoms with Gasteiger partial charge >= 0.3 is 0 Å². The molecule has 2 N–H and O–H groups in total. The Morgan fingerprint density at radius 3 is 2.77 bits per heavy atom. The average Bonchev–Trinajstić information content (AvgIpc) is 3.24. The van der Waals surface area contributed by atoms with E-state index in [4.69, 9.17) is 4.74 Å². The Hall–Kier alpha value is -3.05. The van der Waals surface area contributed by atoms with Gasteiger partial charge < -0.3 is 20.3 Å². The van der Waals surface area contributed by atoms with Crippen LogP contribution in [0.3, 0.4) is 0 Å². The number of likely N-dealkylation sites (N-methyl/N-ethyl adjacent to an activating group) is 1. The van der Waals surface area contributed by atoms with Crippen molar-refractivity contribution >= 4 is 49.0 Å². The SMILES string of the molecule is CN(C)CCNc1ccnc2c1c(=O)c(C(=O)NCCN1CCOCC1)c1sc3ccccc3n12. The van der Waals surface area contributed by atoms with Crippen LogP contribution < -0.4 is 16.1 Å². The highest BCUT2D eigenvalue weighted by molar-refractivity contribution is 7.24. The summed E-state index contributed by atoms with van der Waals surface area (Å²) in [5.41, 5.74) is 2.05. The van der Waals surface area contributed by atoms with Crippen molar-refractivity contribution in [3.05, 3.63) is 52.3 Å². The Bertz CT molecular complexity index is 1420. The molecule has 4 aromatic rings. The summed E-state index contributed by atoms with van der Waals surface area (Å²) in [6.45, 7) is 5.78. The molecule has 0 spiro atoms. The number of ether oxygens (including phenoxy) is 1. The molecule has 1 fully saturated rings. The first-order valence-electron chi connectivity index (χ1n) is 11.9. The topological polar surface area (TPSA) is 91.2 Å². The van der Waals surface area contributed by atoms with E-state index in [1.54, 1.807) is 12.3 Å². The number of nitrogens with one attached hydrogen (secondary N) is 2. The normalized spacial score (nSPS) is 14.8. The number of amides is 1. The molecule has 9 nitrogen and oxygen atoms in total. The fourth-order valence-electron chi connectivity index (χ4n) is 4.43. The number of carbonyl (C=O) groups is 1. The van der Waals surface area contributed by atoms with Crippen molar-refractivity contribution in [2.75, 3.05) is 71.9 Å². The molecule has 1 aromatic carbocycles. The van der Waals surface area contributed by atoms with Gasteiger partial charge in [-0.15, -0.1) is 11.3 Å². The third-order valence-corrected chi connectivity index (χ3v) is 7.39. The van der Waals surface area contributed by atoms with Gasteiger partial charge in [0.25, 0.3) is 5.91 Å². The Morgan fingerprint density at radius 1 is 1.17 bits per heavy atom. The first-order chi connectivity index (χ1) is 17.0. The first kappa shape index (κ1) is 23.7. The van der Waals surface area contributed by atoms with Crippen LogP contribution in [0.2, 0.25) is 0 Å². The van der Waals surface area contributed by atoms with Crippen LogP contribution in [-0.2, 0) is 4.74 Å². The lowest BCUT2D eigenvalue weighted by molar-refractivity contribution is 0.0383. The van der Waals surface area contributed by atoms with Crippen LogP contribution in [0.5, 0.6) is 0 Å². The van der Waals surface area contributed by atoms with Crippen LogP contribution in [0.15, 0.2) is 41.3 Å². The zero-order valence-corrected chi connectivity index (χ0v) is 20.9. The van der Waals surface area contributed by atoms with Crippen molar-refractivity contribution in [1.82, 2.24) is 24.5 Å². The lowest BCUT2D eigenvalue weighted by atomic mass is 10.1. The number of para-hydroxylation sites is 1. The molecule has 184 valence electrons. The first-order valence-corrected chi connectivity index (χ1v) is 12.7. The number of anilines is 1. The number of thiazole rings is 1. The van der Waals surface area contributed by atoms with Crippen molar-refractivity contribution in [2.24, 2.45) is 0 Å².